The van der Waals surface area contributed by atoms with Gasteiger partial charge in [-0.15, -0.1) is 0 Å². The van der Waals surface area contributed by atoms with Crippen molar-refractivity contribution in [2.75, 3.05) is 23.4 Å². The third-order valence-electron chi connectivity index (χ3n) is 4.08. The average Bonchev–Trinajstić information content (AvgIpc) is 3.15. The van der Waals surface area contributed by atoms with Crippen LogP contribution in [0.3, 0.4) is 0 Å². The molecule has 3 aromatic rings. The second-order valence-corrected chi connectivity index (χ2v) is 8.21. The average molecular weight is 414 g/mol. The number of benzene rings is 2. The number of nitrogens with one attached hydrogen (secondary N) is 2. The van der Waals surface area contributed by atoms with Crippen LogP contribution in [0.15, 0.2) is 60.9 Å². The largest absolute Gasteiger partial charge is 0.495 e. The number of hydrogen-bond donors (Lipinski definition) is 2. The third-order valence-corrected chi connectivity index (χ3v) is 4.67. The van der Waals surface area contributed by atoms with Crippen LogP contribution in [-0.2, 0) is 21.2 Å². The van der Waals surface area contributed by atoms with Crippen molar-refractivity contribution < 1.29 is 17.9 Å². The van der Waals surface area contributed by atoms with Crippen molar-refractivity contribution in [2.24, 2.45) is 0 Å². The standard InChI is InChI=1S/C20H22N4O4S/c1-28-19-10-9-16(12-18(19)23-29(2,26)27)22-20(25)11-8-15-13-21-24(14-15)17-6-4-3-5-7-17/h3-7,9-10,12-14,23H,8,11H2,1-2H3,(H,22,25). The Morgan fingerprint density at radius 2 is 1.93 bits per heavy atom. The van der Waals surface area contributed by atoms with E-state index in [0.717, 1.165) is 17.5 Å². The number of aryl methyl sites for hydroxylation is 1. The summed E-state index contributed by atoms with van der Waals surface area (Å²) >= 11 is 0. The van der Waals surface area contributed by atoms with Gasteiger partial charge in [-0.1, -0.05) is 18.2 Å². The van der Waals surface area contributed by atoms with Crippen LogP contribution in [0.25, 0.3) is 5.69 Å². The van der Waals surface area contributed by atoms with Crippen molar-refractivity contribution in [2.45, 2.75) is 12.8 Å². The minimum absolute atomic E-state index is 0.187. The van der Waals surface area contributed by atoms with Crippen LogP contribution in [0, 0.1) is 0 Å². The fourth-order valence-electron chi connectivity index (χ4n) is 2.76. The molecule has 0 radical (unpaired) electrons. The lowest BCUT2D eigenvalue weighted by Crippen LogP contribution is -2.14. The first-order valence-corrected chi connectivity index (χ1v) is 10.8. The zero-order valence-electron chi connectivity index (χ0n) is 16.1. The first-order chi connectivity index (χ1) is 13.8. The van der Waals surface area contributed by atoms with Gasteiger partial charge in [0.2, 0.25) is 15.9 Å². The molecule has 3 rings (SSSR count). The maximum Gasteiger partial charge on any atom is 0.229 e. The van der Waals surface area contributed by atoms with Crippen molar-refractivity contribution in [3.8, 4) is 11.4 Å². The maximum atomic E-state index is 12.3. The van der Waals surface area contributed by atoms with Crippen LogP contribution in [0.4, 0.5) is 11.4 Å². The number of sulfonamides is 1. The van der Waals surface area contributed by atoms with Gasteiger partial charge in [0.15, 0.2) is 0 Å². The highest BCUT2D eigenvalue weighted by Crippen LogP contribution is 2.28. The van der Waals surface area contributed by atoms with Crippen molar-refractivity contribution in [1.82, 2.24) is 9.78 Å². The molecule has 0 bridgehead atoms. The summed E-state index contributed by atoms with van der Waals surface area (Å²) in [5, 5.41) is 7.09. The fraction of sp³-hybridized carbons (Fsp3) is 0.200. The number of aromatic nitrogens is 2. The summed E-state index contributed by atoms with van der Waals surface area (Å²) in [6.45, 7) is 0. The first-order valence-electron chi connectivity index (χ1n) is 8.89. The van der Waals surface area contributed by atoms with E-state index in [4.69, 9.17) is 4.74 Å². The number of ether oxygens (including phenoxy) is 1. The van der Waals surface area contributed by atoms with Gasteiger partial charge < -0.3 is 10.1 Å². The number of nitrogens with zero attached hydrogens (tertiary/aromatic N) is 2. The summed E-state index contributed by atoms with van der Waals surface area (Å²) in [5.74, 6) is 0.176. The molecule has 0 aliphatic heterocycles. The van der Waals surface area contributed by atoms with E-state index in [1.165, 1.54) is 13.2 Å². The number of carbonyl (C=O) groups excluding carboxylic acids is 1. The Morgan fingerprint density at radius 1 is 1.17 bits per heavy atom. The Labute approximate surface area is 169 Å². The molecule has 0 atom stereocenters. The number of methoxy groups -OCH3 is 1. The molecule has 152 valence electrons. The predicted octanol–water partition coefficient (Wildman–Crippen LogP) is 2.82. The SMILES string of the molecule is COc1ccc(NC(=O)CCc2cnn(-c3ccccc3)c2)cc1NS(C)(=O)=O. The Morgan fingerprint density at radius 3 is 2.62 bits per heavy atom. The van der Waals surface area contributed by atoms with Crippen LogP contribution in [0.1, 0.15) is 12.0 Å². The number of hydrogen-bond acceptors (Lipinski definition) is 5. The second-order valence-electron chi connectivity index (χ2n) is 6.47. The van der Waals surface area contributed by atoms with Crippen LogP contribution in [-0.4, -0.2) is 37.5 Å². The number of para-hydroxylation sites is 1. The zero-order chi connectivity index (χ0) is 20.9. The quantitative estimate of drug-likeness (QED) is 0.590. The Balaban J connectivity index is 1.61. The first kappa shape index (κ1) is 20.4. The van der Waals surface area contributed by atoms with Gasteiger partial charge >= 0.3 is 0 Å². The number of rotatable bonds is 8. The lowest BCUT2D eigenvalue weighted by molar-refractivity contribution is -0.116. The minimum Gasteiger partial charge on any atom is -0.495 e. The maximum absolute atomic E-state index is 12.3. The van der Waals surface area contributed by atoms with E-state index < -0.39 is 10.0 Å². The van der Waals surface area contributed by atoms with E-state index >= 15 is 0 Å². The Bertz CT molecular complexity index is 1090. The smallest absolute Gasteiger partial charge is 0.229 e. The predicted molar refractivity (Wildman–Crippen MR) is 112 cm³/mol. The summed E-state index contributed by atoms with van der Waals surface area (Å²) in [4.78, 5) is 12.3. The van der Waals surface area contributed by atoms with Crippen LogP contribution in [0.2, 0.25) is 0 Å². The molecule has 0 saturated heterocycles. The molecular formula is C20H22N4O4S. The molecule has 0 aliphatic rings. The number of anilines is 2. The van der Waals surface area contributed by atoms with Gasteiger partial charge in [0.05, 0.1) is 30.9 Å². The molecule has 1 aromatic heterocycles. The zero-order valence-corrected chi connectivity index (χ0v) is 16.9. The van der Waals surface area contributed by atoms with Gasteiger partial charge in [0.25, 0.3) is 0 Å². The number of carbonyl (C=O) groups is 1. The lowest BCUT2D eigenvalue weighted by Gasteiger charge is -2.12. The van der Waals surface area contributed by atoms with Crippen molar-refractivity contribution >= 4 is 27.3 Å². The van der Waals surface area contributed by atoms with Crippen LogP contribution in [0.5, 0.6) is 5.75 Å². The van der Waals surface area contributed by atoms with Crippen molar-refractivity contribution in [1.29, 1.82) is 0 Å². The summed E-state index contributed by atoms with van der Waals surface area (Å²) in [6.07, 6.45) is 5.48. The lowest BCUT2D eigenvalue weighted by atomic mass is 10.2. The van der Waals surface area contributed by atoms with Crippen molar-refractivity contribution in [3.63, 3.8) is 0 Å². The highest BCUT2D eigenvalue weighted by Gasteiger charge is 2.11. The van der Waals surface area contributed by atoms with Gasteiger partial charge in [0, 0.05) is 18.3 Å². The Kier molecular flexibility index (Phi) is 6.18. The molecule has 0 saturated carbocycles. The van der Waals surface area contributed by atoms with Gasteiger partial charge in [0.1, 0.15) is 5.75 Å². The molecule has 1 amide bonds. The summed E-state index contributed by atoms with van der Waals surface area (Å²) < 4.78 is 32.3. The summed E-state index contributed by atoms with van der Waals surface area (Å²) in [7, 11) is -2.03. The molecule has 8 nitrogen and oxygen atoms in total. The molecule has 2 aromatic carbocycles. The third kappa shape index (κ3) is 5.82. The molecule has 0 fully saturated rings. The van der Waals surface area contributed by atoms with Crippen LogP contribution < -0.4 is 14.8 Å². The molecule has 29 heavy (non-hydrogen) atoms. The van der Waals surface area contributed by atoms with E-state index in [1.807, 2.05) is 36.5 Å². The molecule has 0 spiro atoms. The molecule has 9 heteroatoms. The monoisotopic (exact) mass is 414 g/mol. The molecular weight excluding hydrogens is 392 g/mol. The molecule has 0 unspecified atom stereocenters. The van der Waals surface area contributed by atoms with E-state index in [9.17, 15) is 13.2 Å². The van der Waals surface area contributed by atoms with E-state index in [-0.39, 0.29) is 18.0 Å². The fourth-order valence-corrected chi connectivity index (χ4v) is 3.32. The van der Waals surface area contributed by atoms with Crippen molar-refractivity contribution in [3.05, 3.63) is 66.5 Å². The van der Waals surface area contributed by atoms with E-state index in [0.29, 0.717) is 17.9 Å². The molecule has 2 N–H and O–H groups in total. The number of amides is 1. The van der Waals surface area contributed by atoms with Gasteiger partial charge in [-0.2, -0.15) is 5.10 Å². The topological polar surface area (TPSA) is 102 Å². The molecule has 1 heterocycles. The van der Waals surface area contributed by atoms with E-state index in [2.05, 4.69) is 15.1 Å². The minimum atomic E-state index is -3.47. The Hall–Kier alpha value is -3.33. The van der Waals surface area contributed by atoms with E-state index in [1.54, 1.807) is 23.0 Å². The highest BCUT2D eigenvalue weighted by atomic mass is 32.2. The van der Waals surface area contributed by atoms with Crippen LogP contribution >= 0.6 is 0 Å². The van der Waals surface area contributed by atoms with Gasteiger partial charge in [-0.25, -0.2) is 13.1 Å². The second kappa shape index (κ2) is 8.78. The van der Waals surface area contributed by atoms with Gasteiger partial charge in [-0.3, -0.25) is 9.52 Å². The van der Waals surface area contributed by atoms with Gasteiger partial charge in [-0.05, 0) is 42.3 Å². The molecule has 0 aliphatic carbocycles. The highest BCUT2D eigenvalue weighted by molar-refractivity contribution is 7.92. The summed E-state index contributed by atoms with van der Waals surface area (Å²) in [6, 6.07) is 14.5. The normalized spacial score (nSPS) is 11.1. The summed E-state index contributed by atoms with van der Waals surface area (Å²) in [5.41, 5.74) is 2.63.